The molecule has 0 spiro atoms. The molecule has 0 amide bonds. The second-order valence-corrected chi connectivity index (χ2v) is 8.08. The van der Waals surface area contributed by atoms with E-state index in [0.29, 0.717) is 5.92 Å². The minimum absolute atomic E-state index is 0.677. The zero-order valence-corrected chi connectivity index (χ0v) is 15.7. The van der Waals surface area contributed by atoms with E-state index in [9.17, 15) is 0 Å². The summed E-state index contributed by atoms with van der Waals surface area (Å²) in [6, 6.07) is 14.1. The molecule has 0 bridgehead atoms. The SMILES string of the molecule is c1cnc2cc(-c3cc[nH]n3)nc(Nc3ccc4nc(C5CC5)sc4c3)c2c1. The lowest BCUT2D eigenvalue weighted by Gasteiger charge is -2.10. The predicted octanol–water partition coefficient (Wildman–Crippen LogP) is 5.25. The molecule has 0 saturated heterocycles. The van der Waals surface area contributed by atoms with Crippen LogP contribution in [0.5, 0.6) is 0 Å². The number of H-pyrrole nitrogens is 1. The van der Waals surface area contributed by atoms with Crippen molar-refractivity contribution in [2.24, 2.45) is 0 Å². The largest absolute Gasteiger partial charge is 0.340 e. The molecule has 4 heterocycles. The summed E-state index contributed by atoms with van der Waals surface area (Å²) in [6.07, 6.45) is 6.13. The normalized spacial score (nSPS) is 14.0. The number of thiazole rings is 1. The lowest BCUT2D eigenvalue weighted by Crippen LogP contribution is -1.97. The number of nitrogens with one attached hydrogen (secondary N) is 2. The minimum Gasteiger partial charge on any atom is -0.340 e. The monoisotopic (exact) mass is 384 g/mol. The van der Waals surface area contributed by atoms with Gasteiger partial charge in [-0.2, -0.15) is 5.10 Å². The first-order chi connectivity index (χ1) is 13.8. The van der Waals surface area contributed by atoms with Crippen LogP contribution in [0.3, 0.4) is 0 Å². The van der Waals surface area contributed by atoms with Crippen LogP contribution in [0.4, 0.5) is 11.5 Å². The average molecular weight is 384 g/mol. The van der Waals surface area contributed by atoms with Crippen LogP contribution in [0.2, 0.25) is 0 Å². The van der Waals surface area contributed by atoms with Crippen LogP contribution in [0.15, 0.2) is 54.9 Å². The number of rotatable bonds is 4. The van der Waals surface area contributed by atoms with Crippen molar-refractivity contribution in [3.05, 3.63) is 59.9 Å². The zero-order chi connectivity index (χ0) is 18.5. The molecule has 1 saturated carbocycles. The number of fused-ring (bicyclic) bond motifs is 2. The molecule has 5 aromatic rings. The molecule has 7 heteroatoms. The van der Waals surface area contributed by atoms with Gasteiger partial charge in [0.05, 0.1) is 26.4 Å². The van der Waals surface area contributed by atoms with Crippen molar-refractivity contribution in [2.75, 3.05) is 5.32 Å². The summed E-state index contributed by atoms with van der Waals surface area (Å²) >= 11 is 1.80. The number of anilines is 2. The second-order valence-electron chi connectivity index (χ2n) is 7.02. The fourth-order valence-electron chi connectivity index (χ4n) is 3.37. The highest BCUT2D eigenvalue weighted by Crippen LogP contribution is 2.43. The molecule has 0 atom stereocenters. The molecule has 1 aliphatic carbocycles. The Morgan fingerprint density at radius 3 is 2.82 bits per heavy atom. The second kappa shape index (κ2) is 6.10. The predicted molar refractivity (Wildman–Crippen MR) is 112 cm³/mol. The molecule has 136 valence electrons. The van der Waals surface area contributed by atoms with Crippen molar-refractivity contribution in [3.8, 4) is 11.4 Å². The smallest absolute Gasteiger partial charge is 0.140 e. The number of nitrogens with zero attached hydrogens (tertiary/aromatic N) is 4. The van der Waals surface area contributed by atoms with Crippen molar-refractivity contribution < 1.29 is 0 Å². The van der Waals surface area contributed by atoms with Crippen LogP contribution in [0.1, 0.15) is 23.8 Å². The number of aromatic amines is 1. The third-order valence-corrected chi connectivity index (χ3v) is 6.14. The molecule has 2 N–H and O–H groups in total. The molecule has 6 nitrogen and oxygen atoms in total. The number of benzene rings is 1. The van der Waals surface area contributed by atoms with Crippen molar-refractivity contribution in [3.63, 3.8) is 0 Å². The maximum absolute atomic E-state index is 4.82. The Bertz CT molecular complexity index is 1300. The topological polar surface area (TPSA) is 79.4 Å². The Kier molecular flexibility index (Phi) is 3.42. The van der Waals surface area contributed by atoms with E-state index in [4.69, 9.17) is 9.97 Å². The Morgan fingerprint density at radius 2 is 1.96 bits per heavy atom. The maximum atomic E-state index is 4.82. The van der Waals surface area contributed by atoms with Crippen molar-refractivity contribution in [2.45, 2.75) is 18.8 Å². The van der Waals surface area contributed by atoms with Gasteiger partial charge < -0.3 is 5.32 Å². The number of hydrogen-bond donors (Lipinski definition) is 2. The van der Waals surface area contributed by atoms with Gasteiger partial charge in [-0.25, -0.2) is 9.97 Å². The molecule has 1 fully saturated rings. The summed E-state index contributed by atoms with van der Waals surface area (Å²) in [5.74, 6) is 1.45. The Balaban J connectivity index is 1.44. The van der Waals surface area contributed by atoms with Gasteiger partial charge in [0.15, 0.2) is 0 Å². The van der Waals surface area contributed by atoms with Gasteiger partial charge in [-0.05, 0) is 55.3 Å². The van der Waals surface area contributed by atoms with Crippen LogP contribution in [0.25, 0.3) is 32.5 Å². The first kappa shape index (κ1) is 15.7. The number of hydrogen-bond acceptors (Lipinski definition) is 6. The minimum atomic E-state index is 0.677. The fraction of sp³-hybridized carbons (Fsp3) is 0.143. The standard InChI is InChI=1S/C21H16N6S/c1-2-14-17(22-8-1)11-18(15-7-9-23-27-15)25-20(14)24-13-5-6-16-19(10-13)28-21(26-16)12-3-4-12/h1-2,5-12H,3-4H2,(H,23,27)(H,24,25). The van der Waals surface area contributed by atoms with E-state index >= 15 is 0 Å². The summed E-state index contributed by atoms with van der Waals surface area (Å²) in [5, 5.41) is 12.8. The molecule has 1 aromatic carbocycles. The summed E-state index contributed by atoms with van der Waals surface area (Å²) in [6.45, 7) is 0. The molecule has 4 aromatic heterocycles. The third-order valence-electron chi connectivity index (χ3n) is 4.96. The molecule has 0 radical (unpaired) electrons. The molecule has 0 unspecified atom stereocenters. The van der Waals surface area contributed by atoms with Crippen LogP contribution in [-0.2, 0) is 0 Å². The van der Waals surface area contributed by atoms with Gasteiger partial charge in [-0.15, -0.1) is 11.3 Å². The van der Waals surface area contributed by atoms with E-state index < -0.39 is 0 Å². The molecular weight excluding hydrogens is 368 g/mol. The lowest BCUT2D eigenvalue weighted by molar-refractivity contribution is 1.09. The van der Waals surface area contributed by atoms with Gasteiger partial charge in [0.1, 0.15) is 11.5 Å². The van der Waals surface area contributed by atoms with E-state index in [1.807, 2.05) is 24.3 Å². The van der Waals surface area contributed by atoms with E-state index in [1.54, 1.807) is 23.7 Å². The Hall–Kier alpha value is -3.32. The fourth-order valence-corrected chi connectivity index (χ4v) is 4.54. The lowest BCUT2D eigenvalue weighted by atomic mass is 10.2. The summed E-state index contributed by atoms with van der Waals surface area (Å²) in [5.41, 5.74) is 4.53. The third kappa shape index (κ3) is 2.71. The quantitative estimate of drug-likeness (QED) is 0.442. The van der Waals surface area contributed by atoms with Gasteiger partial charge in [0.2, 0.25) is 0 Å². The van der Waals surface area contributed by atoms with Gasteiger partial charge >= 0.3 is 0 Å². The highest BCUT2D eigenvalue weighted by atomic mass is 32.1. The summed E-state index contributed by atoms with van der Waals surface area (Å²) < 4.78 is 1.21. The van der Waals surface area contributed by atoms with Gasteiger partial charge in [-0.1, -0.05) is 0 Å². The van der Waals surface area contributed by atoms with Crippen molar-refractivity contribution >= 4 is 44.0 Å². The van der Waals surface area contributed by atoms with Crippen LogP contribution in [-0.4, -0.2) is 25.1 Å². The summed E-state index contributed by atoms with van der Waals surface area (Å²) in [4.78, 5) is 14.1. The highest BCUT2D eigenvalue weighted by Gasteiger charge is 2.27. The number of aromatic nitrogens is 5. The van der Waals surface area contributed by atoms with E-state index in [2.05, 4.69) is 38.7 Å². The maximum Gasteiger partial charge on any atom is 0.140 e. The molecule has 6 rings (SSSR count). The highest BCUT2D eigenvalue weighted by molar-refractivity contribution is 7.18. The Labute approximate surface area is 164 Å². The Morgan fingerprint density at radius 1 is 1.00 bits per heavy atom. The molecule has 28 heavy (non-hydrogen) atoms. The van der Waals surface area contributed by atoms with Crippen LogP contribution >= 0.6 is 11.3 Å². The van der Waals surface area contributed by atoms with Gasteiger partial charge in [0.25, 0.3) is 0 Å². The average Bonchev–Trinajstić information content (AvgIpc) is 3.25. The summed E-state index contributed by atoms with van der Waals surface area (Å²) in [7, 11) is 0. The van der Waals surface area contributed by atoms with Gasteiger partial charge in [-0.3, -0.25) is 10.1 Å². The molecular formula is C21H16N6S. The van der Waals surface area contributed by atoms with Gasteiger partial charge in [0, 0.05) is 29.4 Å². The number of pyridine rings is 2. The van der Waals surface area contributed by atoms with Crippen molar-refractivity contribution in [1.82, 2.24) is 25.1 Å². The first-order valence-electron chi connectivity index (χ1n) is 9.27. The van der Waals surface area contributed by atoms with Crippen LogP contribution < -0.4 is 5.32 Å². The molecule has 1 aliphatic rings. The van der Waals surface area contributed by atoms with E-state index in [0.717, 1.165) is 39.3 Å². The first-order valence-corrected chi connectivity index (χ1v) is 10.1. The van der Waals surface area contributed by atoms with Crippen LogP contribution in [0, 0.1) is 0 Å². The molecule has 0 aliphatic heterocycles. The van der Waals surface area contributed by atoms with Crippen molar-refractivity contribution in [1.29, 1.82) is 0 Å². The zero-order valence-electron chi connectivity index (χ0n) is 14.9. The van der Waals surface area contributed by atoms with E-state index in [1.165, 1.54) is 22.5 Å². The van der Waals surface area contributed by atoms with E-state index in [-0.39, 0.29) is 0 Å².